The lowest BCUT2D eigenvalue weighted by Gasteiger charge is -2.06. The molecule has 1 aromatic heterocycles. The number of ether oxygens (including phenoxy) is 1. The van der Waals surface area contributed by atoms with E-state index in [-0.39, 0.29) is 0 Å². The molecule has 1 aromatic carbocycles. The molecule has 0 unspecified atom stereocenters. The Labute approximate surface area is 134 Å². The van der Waals surface area contributed by atoms with Gasteiger partial charge in [-0.1, -0.05) is 57.0 Å². The van der Waals surface area contributed by atoms with E-state index in [0.717, 1.165) is 24.4 Å². The van der Waals surface area contributed by atoms with Crippen LogP contribution in [-0.4, -0.2) is 7.11 Å². The molecule has 0 aliphatic heterocycles. The van der Waals surface area contributed by atoms with Crippen LogP contribution in [-0.2, 0) is 24.2 Å². The van der Waals surface area contributed by atoms with Crippen molar-refractivity contribution >= 4 is 0 Å². The van der Waals surface area contributed by atoms with Crippen LogP contribution in [0, 0.1) is 0 Å². The summed E-state index contributed by atoms with van der Waals surface area (Å²) in [5, 5.41) is 0. The standard InChI is InChI=1S/C20H28O2/c1-4-6-13-17-18(14-7-5-2)20(22-19(17)15-21-3)16-11-9-8-10-12-16/h8-12H,4-7,13-15H2,1-3H3. The highest BCUT2D eigenvalue weighted by molar-refractivity contribution is 5.64. The van der Waals surface area contributed by atoms with E-state index in [0.29, 0.717) is 6.61 Å². The summed E-state index contributed by atoms with van der Waals surface area (Å²) in [5.74, 6) is 2.06. The Balaban J connectivity index is 2.45. The van der Waals surface area contributed by atoms with Gasteiger partial charge in [-0.05, 0) is 31.2 Å². The molecule has 2 rings (SSSR count). The average Bonchev–Trinajstić information content (AvgIpc) is 2.89. The van der Waals surface area contributed by atoms with Crippen molar-refractivity contribution in [2.45, 2.75) is 59.0 Å². The summed E-state index contributed by atoms with van der Waals surface area (Å²) in [4.78, 5) is 0. The smallest absolute Gasteiger partial charge is 0.137 e. The van der Waals surface area contributed by atoms with Crippen molar-refractivity contribution in [3.05, 3.63) is 47.2 Å². The van der Waals surface area contributed by atoms with Gasteiger partial charge in [0, 0.05) is 18.2 Å². The molecule has 0 atom stereocenters. The summed E-state index contributed by atoms with van der Waals surface area (Å²) in [5.41, 5.74) is 3.96. The molecule has 1 heterocycles. The first-order chi connectivity index (χ1) is 10.8. The normalized spacial score (nSPS) is 11.0. The minimum absolute atomic E-state index is 0.561. The third kappa shape index (κ3) is 4.01. The second kappa shape index (κ2) is 8.79. The Hall–Kier alpha value is -1.54. The van der Waals surface area contributed by atoms with Gasteiger partial charge in [-0.15, -0.1) is 0 Å². The summed E-state index contributed by atoms with van der Waals surface area (Å²) in [6.07, 6.45) is 6.98. The van der Waals surface area contributed by atoms with Gasteiger partial charge in [0.1, 0.15) is 18.1 Å². The monoisotopic (exact) mass is 300 g/mol. The van der Waals surface area contributed by atoms with E-state index in [1.165, 1.54) is 42.4 Å². The Morgan fingerprint density at radius 2 is 1.55 bits per heavy atom. The molecule has 0 bridgehead atoms. The van der Waals surface area contributed by atoms with Crippen molar-refractivity contribution in [1.82, 2.24) is 0 Å². The Morgan fingerprint density at radius 3 is 2.14 bits per heavy atom. The summed E-state index contributed by atoms with van der Waals surface area (Å²) in [6.45, 7) is 5.04. The van der Waals surface area contributed by atoms with Crippen LogP contribution in [0.4, 0.5) is 0 Å². The quantitative estimate of drug-likeness (QED) is 0.586. The largest absolute Gasteiger partial charge is 0.458 e. The Kier molecular flexibility index (Phi) is 6.73. The van der Waals surface area contributed by atoms with Crippen molar-refractivity contribution in [2.24, 2.45) is 0 Å². The Morgan fingerprint density at radius 1 is 0.909 bits per heavy atom. The summed E-state index contributed by atoms with van der Waals surface area (Å²) < 4.78 is 11.6. The molecule has 0 N–H and O–H groups in total. The predicted octanol–water partition coefficient (Wildman–Crippen LogP) is 5.78. The van der Waals surface area contributed by atoms with Crippen molar-refractivity contribution in [3.63, 3.8) is 0 Å². The molecule has 0 fully saturated rings. The van der Waals surface area contributed by atoms with Gasteiger partial charge in [0.2, 0.25) is 0 Å². The molecule has 0 saturated heterocycles. The van der Waals surface area contributed by atoms with E-state index in [1.54, 1.807) is 7.11 Å². The van der Waals surface area contributed by atoms with Crippen LogP contribution in [0.2, 0.25) is 0 Å². The molecule has 2 nitrogen and oxygen atoms in total. The highest BCUT2D eigenvalue weighted by Gasteiger charge is 2.20. The Bertz CT molecular complexity index is 555. The van der Waals surface area contributed by atoms with Gasteiger partial charge >= 0.3 is 0 Å². The molecule has 2 heteroatoms. The maximum atomic E-state index is 6.24. The highest BCUT2D eigenvalue weighted by Crippen LogP contribution is 2.34. The zero-order valence-corrected chi connectivity index (χ0v) is 14.2. The highest BCUT2D eigenvalue weighted by atomic mass is 16.5. The van der Waals surface area contributed by atoms with Gasteiger partial charge in [0.15, 0.2) is 0 Å². The summed E-state index contributed by atoms with van der Waals surface area (Å²) >= 11 is 0. The van der Waals surface area contributed by atoms with Crippen molar-refractivity contribution in [3.8, 4) is 11.3 Å². The topological polar surface area (TPSA) is 22.4 Å². The van der Waals surface area contributed by atoms with Gasteiger partial charge < -0.3 is 9.15 Å². The molecule has 0 amide bonds. The number of unbranched alkanes of at least 4 members (excludes halogenated alkanes) is 2. The fourth-order valence-corrected chi connectivity index (χ4v) is 2.88. The van der Waals surface area contributed by atoms with Gasteiger partial charge in [0.05, 0.1) is 0 Å². The third-order valence-electron chi connectivity index (χ3n) is 4.07. The second-order valence-corrected chi connectivity index (χ2v) is 5.82. The first-order valence-corrected chi connectivity index (χ1v) is 8.49. The average molecular weight is 300 g/mol. The summed E-state index contributed by atoms with van der Waals surface area (Å²) in [7, 11) is 1.74. The molecule has 0 radical (unpaired) electrons. The molecule has 0 aliphatic rings. The molecular formula is C20H28O2. The van der Waals surface area contributed by atoms with Crippen LogP contribution in [0.15, 0.2) is 34.7 Å². The predicted molar refractivity (Wildman–Crippen MR) is 92.1 cm³/mol. The van der Waals surface area contributed by atoms with E-state index < -0.39 is 0 Å². The third-order valence-corrected chi connectivity index (χ3v) is 4.07. The van der Waals surface area contributed by atoms with Crippen molar-refractivity contribution < 1.29 is 9.15 Å². The van der Waals surface area contributed by atoms with E-state index in [2.05, 4.69) is 38.1 Å². The maximum absolute atomic E-state index is 6.24. The minimum Gasteiger partial charge on any atom is -0.458 e. The van der Waals surface area contributed by atoms with E-state index in [9.17, 15) is 0 Å². The number of hydrogen-bond acceptors (Lipinski definition) is 2. The van der Waals surface area contributed by atoms with E-state index >= 15 is 0 Å². The van der Waals surface area contributed by atoms with Crippen molar-refractivity contribution in [2.75, 3.05) is 7.11 Å². The van der Waals surface area contributed by atoms with Crippen LogP contribution in [0.5, 0.6) is 0 Å². The molecule has 2 aromatic rings. The number of rotatable bonds is 9. The van der Waals surface area contributed by atoms with Gasteiger partial charge in [0.25, 0.3) is 0 Å². The van der Waals surface area contributed by atoms with Gasteiger partial charge in [-0.2, -0.15) is 0 Å². The molecule has 0 aliphatic carbocycles. The lowest BCUT2D eigenvalue weighted by atomic mass is 9.96. The second-order valence-electron chi connectivity index (χ2n) is 5.82. The van der Waals surface area contributed by atoms with Crippen molar-refractivity contribution in [1.29, 1.82) is 0 Å². The first kappa shape index (κ1) is 16.8. The lowest BCUT2D eigenvalue weighted by Crippen LogP contribution is -1.97. The lowest BCUT2D eigenvalue weighted by molar-refractivity contribution is 0.164. The SMILES string of the molecule is CCCCc1c(COC)oc(-c2ccccc2)c1CCCC. The number of hydrogen-bond donors (Lipinski definition) is 0. The number of benzene rings is 1. The summed E-state index contributed by atoms with van der Waals surface area (Å²) in [6, 6.07) is 10.5. The van der Waals surface area contributed by atoms with Crippen LogP contribution in [0.25, 0.3) is 11.3 Å². The minimum atomic E-state index is 0.561. The maximum Gasteiger partial charge on any atom is 0.137 e. The van der Waals surface area contributed by atoms with Gasteiger partial charge in [-0.3, -0.25) is 0 Å². The molecule has 22 heavy (non-hydrogen) atoms. The molecule has 0 saturated carbocycles. The molecule has 0 spiro atoms. The molecular weight excluding hydrogens is 272 g/mol. The van der Waals surface area contributed by atoms with E-state index in [1.807, 2.05) is 6.07 Å². The van der Waals surface area contributed by atoms with Crippen LogP contribution in [0.1, 0.15) is 56.4 Å². The van der Waals surface area contributed by atoms with E-state index in [4.69, 9.17) is 9.15 Å². The van der Waals surface area contributed by atoms with Gasteiger partial charge in [-0.25, -0.2) is 0 Å². The first-order valence-electron chi connectivity index (χ1n) is 8.49. The fraction of sp³-hybridized carbons (Fsp3) is 0.500. The number of methoxy groups -OCH3 is 1. The number of furan rings is 1. The zero-order chi connectivity index (χ0) is 15.8. The molecule has 120 valence electrons. The van der Waals surface area contributed by atoms with Crippen LogP contribution < -0.4 is 0 Å². The van der Waals surface area contributed by atoms with Crippen LogP contribution >= 0.6 is 0 Å². The van der Waals surface area contributed by atoms with Crippen LogP contribution in [0.3, 0.4) is 0 Å². The zero-order valence-electron chi connectivity index (χ0n) is 14.2. The fourth-order valence-electron chi connectivity index (χ4n) is 2.88.